The number of carbonyl (C=O) groups is 2. The van der Waals surface area contributed by atoms with Gasteiger partial charge in [0, 0.05) is 23.1 Å². The summed E-state index contributed by atoms with van der Waals surface area (Å²) in [6.45, 7) is 3.32. The highest BCUT2D eigenvalue weighted by Crippen LogP contribution is 2.30. The third-order valence-corrected chi connectivity index (χ3v) is 5.14. The van der Waals surface area contributed by atoms with Crippen molar-refractivity contribution in [2.24, 2.45) is 0 Å². The minimum absolute atomic E-state index is 0.150. The number of rotatable bonds is 5. The van der Waals surface area contributed by atoms with Gasteiger partial charge in [-0.05, 0) is 42.8 Å². The second-order valence-electron chi connectivity index (χ2n) is 6.15. The van der Waals surface area contributed by atoms with E-state index in [0.29, 0.717) is 21.0 Å². The largest absolute Gasteiger partial charge is 0.345 e. The fourth-order valence-electron chi connectivity index (χ4n) is 2.71. The van der Waals surface area contributed by atoms with Gasteiger partial charge in [-0.25, -0.2) is 4.39 Å². The highest BCUT2D eigenvalue weighted by atomic mass is 32.1. The van der Waals surface area contributed by atoms with Crippen LogP contribution in [0.1, 0.15) is 35.1 Å². The highest BCUT2D eigenvalue weighted by Gasteiger charge is 2.15. The molecule has 0 aliphatic rings. The molecule has 1 aromatic heterocycles. The molecule has 0 saturated heterocycles. The van der Waals surface area contributed by atoms with Crippen LogP contribution >= 0.6 is 11.3 Å². The lowest BCUT2D eigenvalue weighted by Crippen LogP contribution is -2.25. The van der Waals surface area contributed by atoms with E-state index in [2.05, 4.69) is 10.6 Å². The van der Waals surface area contributed by atoms with Gasteiger partial charge in [0.15, 0.2) is 0 Å². The van der Waals surface area contributed by atoms with Crippen molar-refractivity contribution < 1.29 is 14.0 Å². The van der Waals surface area contributed by atoms with E-state index in [0.717, 1.165) is 5.56 Å². The third-order valence-electron chi connectivity index (χ3n) is 4.02. The maximum atomic E-state index is 13.9. The van der Waals surface area contributed by atoms with Gasteiger partial charge in [0.05, 0.1) is 10.9 Å². The maximum Gasteiger partial charge on any atom is 0.261 e. The van der Waals surface area contributed by atoms with Crippen LogP contribution in [0.3, 0.4) is 0 Å². The Hall–Kier alpha value is -2.99. The van der Waals surface area contributed by atoms with Gasteiger partial charge in [-0.15, -0.1) is 11.3 Å². The van der Waals surface area contributed by atoms with Gasteiger partial charge in [-0.2, -0.15) is 0 Å². The molecule has 2 aromatic carbocycles. The lowest BCUT2D eigenvalue weighted by Gasteiger charge is -2.15. The number of thiophene rings is 1. The van der Waals surface area contributed by atoms with E-state index in [9.17, 15) is 14.0 Å². The maximum absolute atomic E-state index is 13.9. The first kappa shape index (κ1) is 18.8. The average molecular weight is 382 g/mol. The summed E-state index contributed by atoms with van der Waals surface area (Å²) in [6, 6.07) is 17.0. The first-order valence-corrected chi connectivity index (χ1v) is 9.29. The van der Waals surface area contributed by atoms with E-state index in [1.54, 1.807) is 36.4 Å². The minimum Gasteiger partial charge on any atom is -0.345 e. The third kappa shape index (κ3) is 4.60. The Balaban J connectivity index is 1.72. The molecular weight excluding hydrogens is 363 g/mol. The Kier molecular flexibility index (Phi) is 5.66. The number of halogens is 1. The predicted molar refractivity (Wildman–Crippen MR) is 106 cm³/mol. The normalized spacial score (nSPS) is 11.7. The zero-order chi connectivity index (χ0) is 19.4. The molecule has 1 atom stereocenters. The van der Waals surface area contributed by atoms with Crippen molar-refractivity contribution in [3.63, 3.8) is 0 Å². The standard InChI is InChI=1S/C21H19FN2O2S/c1-13(15-6-5-7-16(12-15)24-14(2)25)23-21(26)20-11-10-19(27-20)17-8-3-4-9-18(17)22/h3-13H,1-2H3,(H,23,26)(H,24,25). The summed E-state index contributed by atoms with van der Waals surface area (Å²) in [7, 11) is 0. The van der Waals surface area contributed by atoms with Crippen molar-refractivity contribution in [3.05, 3.63) is 76.9 Å². The Morgan fingerprint density at radius 3 is 2.56 bits per heavy atom. The molecular formula is C21H19FN2O2S. The van der Waals surface area contributed by atoms with E-state index in [1.165, 1.54) is 24.3 Å². The van der Waals surface area contributed by atoms with Crippen molar-refractivity contribution in [3.8, 4) is 10.4 Å². The number of benzene rings is 2. The summed E-state index contributed by atoms with van der Waals surface area (Å²) in [6.07, 6.45) is 0. The number of hydrogen-bond acceptors (Lipinski definition) is 3. The summed E-state index contributed by atoms with van der Waals surface area (Å²) in [5, 5.41) is 5.66. The molecule has 2 amide bonds. The second-order valence-corrected chi connectivity index (χ2v) is 7.23. The number of hydrogen-bond donors (Lipinski definition) is 2. The van der Waals surface area contributed by atoms with Crippen LogP contribution < -0.4 is 10.6 Å². The van der Waals surface area contributed by atoms with Crippen LogP contribution in [0.5, 0.6) is 0 Å². The Morgan fingerprint density at radius 1 is 1.04 bits per heavy atom. The molecule has 4 nitrogen and oxygen atoms in total. The summed E-state index contributed by atoms with van der Waals surface area (Å²) in [5.41, 5.74) is 2.04. The number of nitrogens with one attached hydrogen (secondary N) is 2. The first-order valence-electron chi connectivity index (χ1n) is 8.47. The molecule has 6 heteroatoms. The Morgan fingerprint density at radius 2 is 1.81 bits per heavy atom. The molecule has 27 heavy (non-hydrogen) atoms. The van der Waals surface area contributed by atoms with Crippen LogP contribution in [-0.2, 0) is 4.79 Å². The van der Waals surface area contributed by atoms with Crippen LogP contribution in [0.4, 0.5) is 10.1 Å². The number of anilines is 1. The van der Waals surface area contributed by atoms with Gasteiger partial charge in [-0.3, -0.25) is 9.59 Å². The Bertz CT molecular complexity index is 984. The predicted octanol–water partition coefficient (Wildman–Crippen LogP) is 5.00. The first-order chi connectivity index (χ1) is 12.9. The van der Waals surface area contributed by atoms with Gasteiger partial charge in [0.2, 0.25) is 5.91 Å². The number of amides is 2. The van der Waals surface area contributed by atoms with E-state index in [-0.39, 0.29) is 23.7 Å². The fraction of sp³-hybridized carbons (Fsp3) is 0.143. The molecule has 0 fully saturated rings. The molecule has 0 aliphatic heterocycles. The fourth-order valence-corrected chi connectivity index (χ4v) is 3.64. The topological polar surface area (TPSA) is 58.2 Å². The van der Waals surface area contributed by atoms with Crippen molar-refractivity contribution in [1.82, 2.24) is 5.32 Å². The van der Waals surface area contributed by atoms with Crippen molar-refractivity contribution in [1.29, 1.82) is 0 Å². The second kappa shape index (κ2) is 8.14. The molecule has 0 bridgehead atoms. The molecule has 0 saturated carbocycles. The quantitative estimate of drug-likeness (QED) is 0.652. The van der Waals surface area contributed by atoms with Gasteiger partial charge < -0.3 is 10.6 Å². The van der Waals surface area contributed by atoms with Gasteiger partial charge >= 0.3 is 0 Å². The zero-order valence-corrected chi connectivity index (χ0v) is 15.8. The molecule has 138 valence electrons. The van der Waals surface area contributed by atoms with Gasteiger partial charge in [0.25, 0.3) is 5.91 Å². The van der Waals surface area contributed by atoms with Crippen LogP contribution in [0.25, 0.3) is 10.4 Å². The zero-order valence-electron chi connectivity index (χ0n) is 15.0. The molecule has 2 N–H and O–H groups in total. The molecule has 1 heterocycles. The molecule has 1 unspecified atom stereocenters. The molecule has 3 aromatic rings. The van der Waals surface area contributed by atoms with Crippen LogP contribution in [-0.4, -0.2) is 11.8 Å². The monoisotopic (exact) mass is 382 g/mol. The molecule has 3 rings (SSSR count). The van der Waals surface area contributed by atoms with Crippen molar-refractivity contribution in [2.75, 3.05) is 5.32 Å². The van der Waals surface area contributed by atoms with Gasteiger partial charge in [0.1, 0.15) is 5.82 Å². The summed E-state index contributed by atoms with van der Waals surface area (Å²) < 4.78 is 13.9. The smallest absolute Gasteiger partial charge is 0.261 e. The summed E-state index contributed by atoms with van der Waals surface area (Å²) >= 11 is 1.25. The minimum atomic E-state index is -0.311. The van der Waals surface area contributed by atoms with E-state index < -0.39 is 0 Å². The van der Waals surface area contributed by atoms with Crippen LogP contribution in [0.15, 0.2) is 60.7 Å². The highest BCUT2D eigenvalue weighted by molar-refractivity contribution is 7.17. The van der Waals surface area contributed by atoms with E-state index in [4.69, 9.17) is 0 Å². The molecule has 0 spiro atoms. The molecule has 0 radical (unpaired) electrons. The lowest BCUT2D eigenvalue weighted by atomic mass is 10.1. The summed E-state index contributed by atoms with van der Waals surface area (Å²) in [4.78, 5) is 25.0. The van der Waals surface area contributed by atoms with Gasteiger partial charge in [-0.1, -0.05) is 30.3 Å². The average Bonchev–Trinajstić information content (AvgIpc) is 3.12. The van der Waals surface area contributed by atoms with Crippen molar-refractivity contribution in [2.45, 2.75) is 19.9 Å². The van der Waals surface area contributed by atoms with Crippen LogP contribution in [0, 0.1) is 5.82 Å². The van der Waals surface area contributed by atoms with Crippen molar-refractivity contribution >= 4 is 28.8 Å². The SMILES string of the molecule is CC(=O)Nc1cccc(C(C)NC(=O)c2ccc(-c3ccccc3F)s2)c1. The molecule has 0 aliphatic carbocycles. The summed E-state index contributed by atoms with van der Waals surface area (Å²) in [5.74, 6) is -0.683. The van der Waals surface area contributed by atoms with E-state index in [1.807, 2.05) is 25.1 Å². The van der Waals surface area contributed by atoms with E-state index >= 15 is 0 Å². The van der Waals surface area contributed by atoms with Crippen LogP contribution in [0.2, 0.25) is 0 Å². The lowest BCUT2D eigenvalue weighted by molar-refractivity contribution is -0.114. The Labute approximate surface area is 161 Å². The number of carbonyl (C=O) groups excluding carboxylic acids is 2.